The number of rotatable bonds is 5. The molecule has 2 N–H and O–H groups in total. The van der Waals surface area contributed by atoms with E-state index in [0.717, 1.165) is 5.69 Å². The van der Waals surface area contributed by atoms with Gasteiger partial charge in [-0.2, -0.15) is 5.26 Å². The molecule has 0 bridgehead atoms. The van der Waals surface area contributed by atoms with Crippen molar-refractivity contribution in [3.63, 3.8) is 0 Å². The third kappa shape index (κ3) is 4.78. The lowest BCUT2D eigenvalue weighted by Crippen LogP contribution is -2.28. The molecule has 0 aliphatic heterocycles. The second kappa shape index (κ2) is 7.36. The molecule has 23 heavy (non-hydrogen) atoms. The van der Waals surface area contributed by atoms with Crippen molar-refractivity contribution in [1.29, 1.82) is 5.26 Å². The van der Waals surface area contributed by atoms with Crippen LogP contribution in [-0.4, -0.2) is 22.4 Å². The number of carbonyl (C=O) groups excluding carboxylic acids is 1. The third-order valence-electron chi connectivity index (χ3n) is 3.01. The van der Waals surface area contributed by atoms with Gasteiger partial charge in [0.05, 0.1) is 11.6 Å². The van der Waals surface area contributed by atoms with Crippen LogP contribution in [0.1, 0.15) is 35.7 Å². The predicted molar refractivity (Wildman–Crippen MR) is 88.4 cm³/mol. The highest BCUT2D eigenvalue weighted by atomic mass is 16.1. The Hall–Kier alpha value is -2.94. The van der Waals surface area contributed by atoms with Gasteiger partial charge in [-0.25, -0.2) is 9.97 Å². The Labute approximate surface area is 135 Å². The molecule has 0 atom stereocenters. The lowest BCUT2D eigenvalue weighted by molar-refractivity contribution is 0.0943. The largest absolute Gasteiger partial charge is 0.350 e. The van der Waals surface area contributed by atoms with Crippen LogP contribution in [0.2, 0.25) is 0 Å². The van der Waals surface area contributed by atoms with E-state index < -0.39 is 0 Å². The first kappa shape index (κ1) is 16.4. The number of nitrogens with one attached hydrogen (secondary N) is 2. The summed E-state index contributed by atoms with van der Waals surface area (Å²) in [5.74, 6) is 1.16. The van der Waals surface area contributed by atoms with Gasteiger partial charge in [0, 0.05) is 18.3 Å². The SMILES string of the molecule is Cc1nc(Nc2cccc(C#N)c2)cc(C(=O)NCC(C)C)n1. The molecule has 0 unspecified atom stereocenters. The van der Waals surface area contributed by atoms with Crippen molar-refractivity contribution >= 4 is 17.4 Å². The Kier molecular flexibility index (Phi) is 5.26. The Bertz CT molecular complexity index is 749. The Balaban J connectivity index is 2.20. The average molecular weight is 309 g/mol. The average Bonchev–Trinajstić information content (AvgIpc) is 2.52. The van der Waals surface area contributed by atoms with Crippen LogP contribution in [0, 0.1) is 24.2 Å². The maximum absolute atomic E-state index is 12.1. The molecule has 1 heterocycles. The molecular formula is C17H19N5O. The number of hydrogen-bond donors (Lipinski definition) is 2. The first-order chi connectivity index (χ1) is 11.0. The molecule has 0 spiro atoms. The van der Waals surface area contributed by atoms with Gasteiger partial charge in [0.25, 0.3) is 5.91 Å². The van der Waals surface area contributed by atoms with E-state index in [9.17, 15) is 4.79 Å². The van der Waals surface area contributed by atoms with Crippen molar-refractivity contribution in [3.05, 3.63) is 47.4 Å². The number of anilines is 2. The first-order valence-corrected chi connectivity index (χ1v) is 7.39. The summed E-state index contributed by atoms with van der Waals surface area (Å²) < 4.78 is 0. The molecule has 0 saturated carbocycles. The number of aromatic nitrogens is 2. The number of carbonyl (C=O) groups is 1. The summed E-state index contributed by atoms with van der Waals surface area (Å²) in [6.45, 7) is 6.38. The van der Waals surface area contributed by atoms with Gasteiger partial charge in [0.2, 0.25) is 0 Å². The van der Waals surface area contributed by atoms with E-state index in [1.54, 1.807) is 31.2 Å². The quantitative estimate of drug-likeness (QED) is 0.886. The normalized spacial score (nSPS) is 10.2. The van der Waals surface area contributed by atoms with E-state index in [1.165, 1.54) is 0 Å². The van der Waals surface area contributed by atoms with Crippen molar-refractivity contribution < 1.29 is 4.79 Å². The van der Waals surface area contributed by atoms with Gasteiger partial charge in [0.15, 0.2) is 0 Å². The highest BCUT2D eigenvalue weighted by molar-refractivity contribution is 5.93. The molecule has 0 radical (unpaired) electrons. The fraction of sp³-hybridized carbons (Fsp3) is 0.294. The maximum Gasteiger partial charge on any atom is 0.270 e. The van der Waals surface area contributed by atoms with E-state index in [4.69, 9.17) is 5.26 Å². The van der Waals surface area contributed by atoms with E-state index >= 15 is 0 Å². The van der Waals surface area contributed by atoms with E-state index in [2.05, 4.69) is 26.7 Å². The summed E-state index contributed by atoms with van der Waals surface area (Å²) in [5, 5.41) is 14.9. The standard InChI is InChI=1S/C17H19N5O/c1-11(2)10-19-17(23)15-8-16(21-12(3)20-15)22-14-6-4-5-13(7-14)9-18/h4-8,11H,10H2,1-3H3,(H,19,23)(H,20,21,22). The summed E-state index contributed by atoms with van der Waals surface area (Å²) >= 11 is 0. The lowest BCUT2D eigenvalue weighted by Gasteiger charge is -2.10. The maximum atomic E-state index is 12.1. The fourth-order valence-electron chi connectivity index (χ4n) is 1.95. The zero-order valence-corrected chi connectivity index (χ0v) is 13.4. The summed E-state index contributed by atoms with van der Waals surface area (Å²) in [6, 6.07) is 10.7. The summed E-state index contributed by atoms with van der Waals surface area (Å²) in [4.78, 5) is 20.6. The molecule has 6 nitrogen and oxygen atoms in total. The number of aryl methyl sites for hydroxylation is 1. The molecular weight excluding hydrogens is 290 g/mol. The molecule has 2 rings (SSSR count). The van der Waals surface area contributed by atoms with Gasteiger partial charge in [-0.1, -0.05) is 19.9 Å². The molecule has 1 aromatic heterocycles. The second-order valence-corrected chi connectivity index (χ2v) is 5.61. The zero-order chi connectivity index (χ0) is 16.8. The Morgan fingerprint density at radius 2 is 2.09 bits per heavy atom. The number of amides is 1. The first-order valence-electron chi connectivity index (χ1n) is 7.39. The van der Waals surface area contributed by atoms with Crippen molar-refractivity contribution in [2.45, 2.75) is 20.8 Å². The highest BCUT2D eigenvalue weighted by Gasteiger charge is 2.11. The minimum absolute atomic E-state index is 0.224. The molecule has 2 aromatic rings. The van der Waals surface area contributed by atoms with Crippen molar-refractivity contribution in [2.75, 3.05) is 11.9 Å². The minimum atomic E-state index is -0.224. The number of nitrogens with zero attached hydrogens (tertiary/aromatic N) is 3. The zero-order valence-electron chi connectivity index (χ0n) is 13.4. The van der Waals surface area contributed by atoms with Crippen molar-refractivity contribution in [3.8, 4) is 6.07 Å². The van der Waals surface area contributed by atoms with E-state index in [1.807, 2.05) is 19.9 Å². The molecule has 0 aliphatic carbocycles. The van der Waals surface area contributed by atoms with Crippen molar-refractivity contribution in [1.82, 2.24) is 15.3 Å². The van der Waals surface area contributed by atoms with Crippen LogP contribution in [0.5, 0.6) is 0 Å². The minimum Gasteiger partial charge on any atom is -0.350 e. The second-order valence-electron chi connectivity index (χ2n) is 5.61. The van der Waals surface area contributed by atoms with Gasteiger partial charge >= 0.3 is 0 Å². The van der Waals surface area contributed by atoms with E-state index in [-0.39, 0.29) is 5.91 Å². The van der Waals surface area contributed by atoms with Crippen molar-refractivity contribution in [2.24, 2.45) is 5.92 Å². The molecule has 0 fully saturated rings. The molecule has 1 amide bonds. The number of benzene rings is 1. The van der Waals surface area contributed by atoms with Crippen LogP contribution in [0.3, 0.4) is 0 Å². The van der Waals surface area contributed by atoms with Crippen LogP contribution in [0.25, 0.3) is 0 Å². The van der Waals surface area contributed by atoms with Gasteiger partial charge in [-0.05, 0) is 31.0 Å². The highest BCUT2D eigenvalue weighted by Crippen LogP contribution is 2.16. The molecule has 118 valence electrons. The Morgan fingerprint density at radius 3 is 2.78 bits per heavy atom. The monoisotopic (exact) mass is 309 g/mol. The van der Waals surface area contributed by atoms with Gasteiger partial charge in [-0.15, -0.1) is 0 Å². The van der Waals surface area contributed by atoms with Crippen LogP contribution in [0.4, 0.5) is 11.5 Å². The molecule has 0 aliphatic rings. The fourth-order valence-corrected chi connectivity index (χ4v) is 1.95. The molecule has 1 aromatic carbocycles. The van der Waals surface area contributed by atoms with Crippen LogP contribution in [0.15, 0.2) is 30.3 Å². The van der Waals surface area contributed by atoms with Crippen LogP contribution < -0.4 is 10.6 Å². The third-order valence-corrected chi connectivity index (χ3v) is 3.01. The van der Waals surface area contributed by atoms with Crippen LogP contribution in [-0.2, 0) is 0 Å². The molecule has 6 heteroatoms. The van der Waals surface area contributed by atoms with Gasteiger partial charge in [-0.3, -0.25) is 4.79 Å². The summed E-state index contributed by atoms with van der Waals surface area (Å²) in [5.41, 5.74) is 1.60. The number of nitriles is 1. The smallest absolute Gasteiger partial charge is 0.270 e. The van der Waals surface area contributed by atoms with Crippen LogP contribution >= 0.6 is 0 Å². The van der Waals surface area contributed by atoms with E-state index in [0.29, 0.717) is 35.4 Å². The lowest BCUT2D eigenvalue weighted by atomic mass is 10.2. The topological polar surface area (TPSA) is 90.7 Å². The Morgan fingerprint density at radius 1 is 1.30 bits per heavy atom. The molecule has 0 saturated heterocycles. The summed E-state index contributed by atoms with van der Waals surface area (Å²) in [7, 11) is 0. The van der Waals surface area contributed by atoms with Gasteiger partial charge in [0.1, 0.15) is 17.3 Å². The number of hydrogen-bond acceptors (Lipinski definition) is 5. The summed E-state index contributed by atoms with van der Waals surface area (Å²) in [6.07, 6.45) is 0. The predicted octanol–water partition coefficient (Wildman–Crippen LogP) is 2.79. The van der Waals surface area contributed by atoms with Gasteiger partial charge < -0.3 is 10.6 Å².